The fourth-order valence-corrected chi connectivity index (χ4v) is 3.99. The Bertz CT molecular complexity index is 579. The number of likely N-dealkylation sites (tertiary alicyclic amines) is 1. The molecule has 0 aliphatic carbocycles. The molecule has 1 aromatic rings. The van der Waals surface area contributed by atoms with Gasteiger partial charge >= 0.3 is 0 Å². The molecular formula is C15H25N3O2S. The highest BCUT2D eigenvalue weighted by Gasteiger charge is 2.25. The summed E-state index contributed by atoms with van der Waals surface area (Å²) in [6, 6.07) is 5.43. The smallest absolute Gasteiger partial charge is 0.240 e. The van der Waals surface area contributed by atoms with E-state index in [-0.39, 0.29) is 4.90 Å². The van der Waals surface area contributed by atoms with Crippen LogP contribution in [0.4, 0.5) is 5.69 Å². The molecule has 0 amide bonds. The van der Waals surface area contributed by atoms with Crippen molar-refractivity contribution in [2.45, 2.75) is 38.1 Å². The zero-order chi connectivity index (χ0) is 15.6. The van der Waals surface area contributed by atoms with Crippen molar-refractivity contribution in [3.63, 3.8) is 0 Å². The largest absolute Gasteiger partial charge is 0.399 e. The van der Waals surface area contributed by atoms with Gasteiger partial charge in [0.15, 0.2) is 0 Å². The molecule has 1 atom stereocenters. The van der Waals surface area contributed by atoms with Crippen molar-refractivity contribution in [2.24, 2.45) is 5.92 Å². The number of aryl methyl sites for hydroxylation is 1. The summed E-state index contributed by atoms with van der Waals surface area (Å²) < 4.78 is 27.4. The second kappa shape index (κ2) is 6.34. The summed E-state index contributed by atoms with van der Waals surface area (Å²) in [4.78, 5) is 2.63. The number of nitrogens with two attached hydrogens (primary N) is 1. The Hall–Kier alpha value is -1.11. The predicted octanol–water partition coefficient (Wildman–Crippen LogP) is 1.59. The molecule has 1 unspecified atom stereocenters. The van der Waals surface area contributed by atoms with Crippen molar-refractivity contribution >= 4 is 15.7 Å². The van der Waals surface area contributed by atoms with Gasteiger partial charge in [0, 0.05) is 24.8 Å². The first-order valence-electron chi connectivity index (χ1n) is 7.39. The van der Waals surface area contributed by atoms with Gasteiger partial charge in [-0.25, -0.2) is 13.1 Å². The summed E-state index contributed by atoms with van der Waals surface area (Å²) in [5.41, 5.74) is 7.05. The van der Waals surface area contributed by atoms with Crippen LogP contribution >= 0.6 is 0 Å². The van der Waals surface area contributed by atoms with Gasteiger partial charge < -0.3 is 10.6 Å². The third-order valence-electron chi connectivity index (χ3n) is 3.99. The van der Waals surface area contributed by atoms with Gasteiger partial charge in [-0.2, -0.15) is 0 Å². The Morgan fingerprint density at radius 3 is 2.67 bits per heavy atom. The zero-order valence-corrected chi connectivity index (χ0v) is 13.8. The maximum Gasteiger partial charge on any atom is 0.240 e. The molecule has 21 heavy (non-hydrogen) atoms. The fraction of sp³-hybridized carbons (Fsp3) is 0.600. The van der Waals surface area contributed by atoms with E-state index in [1.807, 2.05) is 6.92 Å². The Kier molecular flexibility index (Phi) is 4.91. The summed E-state index contributed by atoms with van der Waals surface area (Å²) in [7, 11) is -3.48. The van der Waals surface area contributed by atoms with Crippen LogP contribution in [0.3, 0.4) is 0 Å². The lowest BCUT2D eigenvalue weighted by molar-refractivity contribution is 0.265. The molecule has 1 fully saturated rings. The molecule has 1 aliphatic heterocycles. The lowest BCUT2D eigenvalue weighted by atomic mass is 10.1. The molecule has 1 saturated heterocycles. The molecule has 2 rings (SSSR count). The molecule has 0 saturated carbocycles. The fourth-order valence-electron chi connectivity index (χ4n) is 2.74. The van der Waals surface area contributed by atoms with Crippen LogP contribution in [0.2, 0.25) is 0 Å². The van der Waals surface area contributed by atoms with E-state index >= 15 is 0 Å². The van der Waals surface area contributed by atoms with E-state index in [0.29, 0.717) is 24.2 Å². The first-order valence-corrected chi connectivity index (χ1v) is 8.87. The molecular weight excluding hydrogens is 286 g/mol. The van der Waals surface area contributed by atoms with E-state index in [1.54, 1.807) is 12.1 Å². The van der Waals surface area contributed by atoms with Gasteiger partial charge in [-0.1, -0.05) is 0 Å². The Balaban J connectivity index is 1.99. The van der Waals surface area contributed by atoms with E-state index in [2.05, 4.69) is 23.5 Å². The van der Waals surface area contributed by atoms with E-state index < -0.39 is 10.0 Å². The number of nitrogens with one attached hydrogen (secondary N) is 1. The minimum atomic E-state index is -3.48. The molecule has 0 bridgehead atoms. The van der Waals surface area contributed by atoms with Crippen molar-refractivity contribution in [2.75, 3.05) is 25.4 Å². The van der Waals surface area contributed by atoms with Gasteiger partial charge in [-0.3, -0.25) is 0 Å². The summed E-state index contributed by atoms with van der Waals surface area (Å²) in [5, 5.41) is 0. The van der Waals surface area contributed by atoms with Crippen molar-refractivity contribution in [1.29, 1.82) is 0 Å². The first-order chi connectivity index (χ1) is 9.78. The minimum absolute atomic E-state index is 0.249. The summed E-state index contributed by atoms with van der Waals surface area (Å²) >= 11 is 0. The van der Waals surface area contributed by atoms with Gasteiger partial charge in [0.05, 0.1) is 4.90 Å². The maximum absolute atomic E-state index is 12.3. The van der Waals surface area contributed by atoms with E-state index in [0.717, 1.165) is 25.1 Å². The van der Waals surface area contributed by atoms with Crippen LogP contribution < -0.4 is 10.5 Å². The van der Waals surface area contributed by atoms with Gasteiger partial charge in [-0.15, -0.1) is 0 Å². The molecule has 3 N–H and O–H groups in total. The summed E-state index contributed by atoms with van der Waals surface area (Å²) in [6.07, 6.45) is 1.04. The second-order valence-electron chi connectivity index (χ2n) is 6.17. The Labute approximate surface area is 127 Å². The SMILES string of the molecule is Cc1cc(N)cc(S(=O)(=O)NCC2CCN(C(C)C)C2)c1. The Morgan fingerprint density at radius 2 is 2.10 bits per heavy atom. The predicted molar refractivity (Wildman–Crippen MR) is 85.6 cm³/mol. The molecule has 0 spiro atoms. The standard InChI is InChI=1S/C15H25N3O2S/c1-11(2)18-5-4-13(10-18)9-17-21(19,20)15-7-12(3)6-14(16)8-15/h6-8,11,13,17H,4-5,9-10,16H2,1-3H3. The van der Waals surface area contributed by atoms with E-state index in [1.165, 1.54) is 6.07 Å². The third kappa shape index (κ3) is 4.18. The van der Waals surface area contributed by atoms with Crippen molar-refractivity contribution in [3.8, 4) is 0 Å². The van der Waals surface area contributed by atoms with Crippen molar-refractivity contribution < 1.29 is 8.42 Å². The van der Waals surface area contributed by atoms with E-state index in [9.17, 15) is 8.42 Å². The topological polar surface area (TPSA) is 75.4 Å². The van der Waals surface area contributed by atoms with Crippen LogP contribution in [0, 0.1) is 12.8 Å². The average Bonchev–Trinajstić information content (AvgIpc) is 2.84. The second-order valence-corrected chi connectivity index (χ2v) is 7.94. The van der Waals surface area contributed by atoms with Crippen LogP contribution in [0.15, 0.2) is 23.1 Å². The Morgan fingerprint density at radius 1 is 1.38 bits per heavy atom. The number of nitrogen functional groups attached to an aromatic ring is 1. The van der Waals surface area contributed by atoms with Gasteiger partial charge in [-0.05, 0) is 63.4 Å². The normalized spacial score (nSPS) is 20.3. The number of sulfonamides is 1. The highest BCUT2D eigenvalue weighted by atomic mass is 32.2. The molecule has 6 heteroatoms. The number of anilines is 1. The van der Waals surface area contributed by atoms with Crippen LogP contribution in [0.1, 0.15) is 25.8 Å². The monoisotopic (exact) mass is 311 g/mol. The van der Waals surface area contributed by atoms with Crippen molar-refractivity contribution in [1.82, 2.24) is 9.62 Å². The number of nitrogens with zero attached hydrogens (tertiary/aromatic N) is 1. The molecule has 118 valence electrons. The van der Waals surface area contributed by atoms with Gasteiger partial charge in [0.25, 0.3) is 0 Å². The van der Waals surface area contributed by atoms with Crippen LogP contribution in [-0.2, 0) is 10.0 Å². The number of rotatable bonds is 5. The lowest BCUT2D eigenvalue weighted by Crippen LogP contribution is -2.33. The van der Waals surface area contributed by atoms with Gasteiger partial charge in [0.1, 0.15) is 0 Å². The van der Waals surface area contributed by atoms with Crippen molar-refractivity contribution in [3.05, 3.63) is 23.8 Å². The van der Waals surface area contributed by atoms with Crippen LogP contribution in [0.5, 0.6) is 0 Å². The highest BCUT2D eigenvalue weighted by Crippen LogP contribution is 2.20. The van der Waals surface area contributed by atoms with Gasteiger partial charge in [0.2, 0.25) is 10.0 Å². The molecule has 5 nitrogen and oxygen atoms in total. The molecule has 0 aromatic heterocycles. The highest BCUT2D eigenvalue weighted by molar-refractivity contribution is 7.89. The summed E-state index contributed by atoms with van der Waals surface area (Å²) in [6.45, 7) is 8.66. The molecule has 1 aliphatic rings. The maximum atomic E-state index is 12.3. The zero-order valence-electron chi connectivity index (χ0n) is 13.0. The van der Waals surface area contributed by atoms with Crippen LogP contribution in [-0.4, -0.2) is 39.0 Å². The number of benzene rings is 1. The van der Waals surface area contributed by atoms with E-state index in [4.69, 9.17) is 5.73 Å². The molecule has 1 aromatic carbocycles. The van der Waals surface area contributed by atoms with Crippen LogP contribution in [0.25, 0.3) is 0 Å². The lowest BCUT2D eigenvalue weighted by Gasteiger charge is -2.20. The summed E-state index contributed by atoms with van der Waals surface area (Å²) in [5.74, 6) is 0.379. The first kappa shape index (κ1) is 16.3. The number of hydrogen-bond donors (Lipinski definition) is 2. The quantitative estimate of drug-likeness (QED) is 0.810. The minimum Gasteiger partial charge on any atom is -0.399 e. The number of hydrogen-bond acceptors (Lipinski definition) is 4. The average molecular weight is 311 g/mol. The third-order valence-corrected chi connectivity index (χ3v) is 5.40. The molecule has 1 heterocycles. The molecule has 0 radical (unpaired) electrons.